The molecule has 0 aromatic rings. The van der Waals surface area contributed by atoms with Crippen LogP contribution in [0, 0.1) is 17.8 Å². The molecule has 2 rings (SSSR count). The summed E-state index contributed by atoms with van der Waals surface area (Å²) in [5, 5.41) is 8.98. The molecule has 0 radical (unpaired) electrons. The number of piperidine rings is 1. The number of Topliss-reactive ketones (excluding diaryl/α,β-unsaturated/α-hetero) is 1. The number of aliphatic carboxylic acids is 1. The molecular formula is C11H17NO3. The SMILES string of the molecule is CCN1CC2CC(C(=O)O)CC(C1)C2=O. The van der Waals surface area contributed by atoms with Crippen molar-refractivity contribution in [1.82, 2.24) is 4.90 Å². The highest BCUT2D eigenvalue weighted by Crippen LogP contribution is 2.35. The second kappa shape index (κ2) is 3.93. The van der Waals surface area contributed by atoms with Crippen molar-refractivity contribution in [3.8, 4) is 0 Å². The first kappa shape index (κ1) is 10.6. The number of carboxylic acid groups (broad SMARTS) is 1. The summed E-state index contributed by atoms with van der Waals surface area (Å²) in [6.45, 7) is 4.56. The van der Waals surface area contributed by atoms with Crippen molar-refractivity contribution in [3.63, 3.8) is 0 Å². The van der Waals surface area contributed by atoms with Crippen LogP contribution in [0.25, 0.3) is 0 Å². The minimum Gasteiger partial charge on any atom is -0.481 e. The molecule has 4 heteroatoms. The van der Waals surface area contributed by atoms with Crippen molar-refractivity contribution in [2.24, 2.45) is 17.8 Å². The molecule has 2 fully saturated rings. The largest absolute Gasteiger partial charge is 0.481 e. The Morgan fingerprint density at radius 2 is 1.93 bits per heavy atom. The molecule has 2 unspecified atom stereocenters. The van der Waals surface area contributed by atoms with E-state index in [1.807, 2.05) is 0 Å². The molecule has 2 atom stereocenters. The fourth-order valence-corrected chi connectivity index (χ4v) is 2.84. The van der Waals surface area contributed by atoms with Crippen LogP contribution < -0.4 is 0 Å². The van der Waals surface area contributed by atoms with Gasteiger partial charge in [-0.25, -0.2) is 0 Å². The average Bonchev–Trinajstić information content (AvgIpc) is 2.16. The highest BCUT2D eigenvalue weighted by atomic mass is 16.4. The van der Waals surface area contributed by atoms with Crippen molar-refractivity contribution in [1.29, 1.82) is 0 Å². The first-order chi connectivity index (χ1) is 7.11. The van der Waals surface area contributed by atoms with Gasteiger partial charge in [-0.2, -0.15) is 0 Å². The molecule has 84 valence electrons. The van der Waals surface area contributed by atoms with Gasteiger partial charge in [0.1, 0.15) is 5.78 Å². The van der Waals surface area contributed by atoms with Gasteiger partial charge in [-0.05, 0) is 19.4 Å². The lowest BCUT2D eigenvalue weighted by Crippen LogP contribution is -2.51. The number of hydrogen-bond donors (Lipinski definition) is 1. The lowest BCUT2D eigenvalue weighted by atomic mass is 9.71. The van der Waals surface area contributed by atoms with E-state index in [9.17, 15) is 9.59 Å². The van der Waals surface area contributed by atoms with E-state index in [1.54, 1.807) is 0 Å². The van der Waals surface area contributed by atoms with Crippen LogP contribution in [-0.2, 0) is 9.59 Å². The lowest BCUT2D eigenvalue weighted by Gasteiger charge is -2.41. The number of hydrogen-bond acceptors (Lipinski definition) is 3. The maximum Gasteiger partial charge on any atom is 0.306 e. The maximum absolute atomic E-state index is 11.8. The molecule has 4 nitrogen and oxygen atoms in total. The van der Waals surface area contributed by atoms with Gasteiger partial charge >= 0.3 is 5.97 Å². The molecule has 0 aromatic heterocycles. The second-order valence-corrected chi connectivity index (χ2v) is 4.65. The zero-order chi connectivity index (χ0) is 11.0. The molecule has 0 spiro atoms. The van der Waals surface area contributed by atoms with Crippen molar-refractivity contribution in [2.75, 3.05) is 19.6 Å². The number of nitrogens with zero attached hydrogens (tertiary/aromatic N) is 1. The fraction of sp³-hybridized carbons (Fsp3) is 0.818. The zero-order valence-corrected chi connectivity index (χ0v) is 8.98. The van der Waals surface area contributed by atoms with Crippen LogP contribution in [0.4, 0.5) is 0 Å². The number of ketones is 1. The van der Waals surface area contributed by atoms with Gasteiger partial charge in [-0.1, -0.05) is 6.92 Å². The monoisotopic (exact) mass is 211 g/mol. The number of carbonyl (C=O) groups is 2. The van der Waals surface area contributed by atoms with Crippen molar-refractivity contribution in [2.45, 2.75) is 19.8 Å². The fourth-order valence-electron chi connectivity index (χ4n) is 2.84. The van der Waals surface area contributed by atoms with Crippen molar-refractivity contribution >= 4 is 11.8 Å². The third kappa shape index (κ3) is 1.91. The molecule has 0 aromatic carbocycles. The van der Waals surface area contributed by atoms with Gasteiger partial charge in [-0.3, -0.25) is 9.59 Å². The standard InChI is InChI=1S/C11H17NO3/c1-2-12-5-8-3-7(11(14)15)4-9(6-12)10(8)13/h7-9H,2-6H2,1H3,(H,14,15). The van der Waals surface area contributed by atoms with Crippen molar-refractivity contribution < 1.29 is 14.7 Å². The van der Waals surface area contributed by atoms with E-state index in [0.29, 0.717) is 18.6 Å². The molecule has 15 heavy (non-hydrogen) atoms. The quantitative estimate of drug-likeness (QED) is 0.727. The molecule has 2 bridgehead atoms. The second-order valence-electron chi connectivity index (χ2n) is 4.65. The van der Waals surface area contributed by atoms with Crippen LogP contribution in [0.2, 0.25) is 0 Å². The van der Waals surface area contributed by atoms with E-state index in [1.165, 1.54) is 0 Å². The Labute approximate surface area is 89.3 Å². The minimum absolute atomic E-state index is 0.0291. The summed E-state index contributed by atoms with van der Waals surface area (Å²) in [7, 11) is 0. The third-order valence-electron chi connectivity index (χ3n) is 3.70. The van der Waals surface area contributed by atoms with Crippen LogP contribution in [0.3, 0.4) is 0 Å². The molecule has 1 aliphatic heterocycles. The summed E-state index contributed by atoms with van der Waals surface area (Å²) in [5.41, 5.74) is 0. The van der Waals surface area contributed by atoms with E-state index in [-0.39, 0.29) is 17.8 Å². The Hall–Kier alpha value is -0.900. The Balaban J connectivity index is 2.10. The van der Waals surface area contributed by atoms with Gasteiger partial charge in [-0.15, -0.1) is 0 Å². The number of fused-ring (bicyclic) bond motifs is 2. The number of likely N-dealkylation sites (tertiary alicyclic amines) is 1. The highest BCUT2D eigenvalue weighted by Gasteiger charge is 2.43. The minimum atomic E-state index is -0.734. The molecule has 0 amide bonds. The molecular weight excluding hydrogens is 194 g/mol. The summed E-state index contributed by atoms with van der Waals surface area (Å²) in [4.78, 5) is 25.0. The van der Waals surface area contributed by atoms with E-state index < -0.39 is 5.97 Å². The summed E-state index contributed by atoms with van der Waals surface area (Å²) in [6.07, 6.45) is 1.09. The van der Waals surface area contributed by atoms with E-state index >= 15 is 0 Å². The van der Waals surface area contributed by atoms with Gasteiger partial charge in [0.25, 0.3) is 0 Å². The summed E-state index contributed by atoms with van der Waals surface area (Å²) >= 11 is 0. The van der Waals surface area contributed by atoms with Gasteiger partial charge in [0.2, 0.25) is 0 Å². The van der Waals surface area contributed by atoms with Gasteiger partial charge in [0, 0.05) is 24.9 Å². The Morgan fingerprint density at radius 3 is 2.33 bits per heavy atom. The predicted octanol–water partition coefficient (Wildman–Crippen LogP) is 0.618. The Bertz CT molecular complexity index is 272. The van der Waals surface area contributed by atoms with E-state index in [0.717, 1.165) is 19.6 Å². The zero-order valence-electron chi connectivity index (χ0n) is 8.98. The molecule has 2 aliphatic rings. The molecule has 1 heterocycles. The third-order valence-corrected chi connectivity index (χ3v) is 3.70. The Kier molecular flexibility index (Phi) is 2.78. The lowest BCUT2D eigenvalue weighted by molar-refractivity contribution is -0.149. The van der Waals surface area contributed by atoms with Crippen LogP contribution in [0.15, 0.2) is 0 Å². The number of rotatable bonds is 2. The van der Waals surface area contributed by atoms with Crippen LogP contribution in [0.1, 0.15) is 19.8 Å². The van der Waals surface area contributed by atoms with E-state index in [2.05, 4.69) is 11.8 Å². The van der Waals surface area contributed by atoms with Gasteiger partial charge in [0.15, 0.2) is 0 Å². The maximum atomic E-state index is 11.8. The number of carboxylic acids is 1. The summed E-state index contributed by atoms with van der Waals surface area (Å²) in [5.74, 6) is -0.784. The number of carbonyl (C=O) groups excluding carboxylic acids is 1. The van der Waals surface area contributed by atoms with Crippen LogP contribution in [-0.4, -0.2) is 41.4 Å². The first-order valence-electron chi connectivity index (χ1n) is 5.60. The topological polar surface area (TPSA) is 57.6 Å². The normalized spacial score (nSPS) is 36.6. The van der Waals surface area contributed by atoms with Crippen molar-refractivity contribution in [3.05, 3.63) is 0 Å². The van der Waals surface area contributed by atoms with E-state index in [4.69, 9.17) is 5.11 Å². The molecule has 1 saturated heterocycles. The molecule has 1 aliphatic carbocycles. The van der Waals surface area contributed by atoms with Crippen LogP contribution >= 0.6 is 0 Å². The van der Waals surface area contributed by atoms with Crippen LogP contribution in [0.5, 0.6) is 0 Å². The van der Waals surface area contributed by atoms with Gasteiger partial charge < -0.3 is 10.0 Å². The Morgan fingerprint density at radius 1 is 1.40 bits per heavy atom. The molecule has 1 N–H and O–H groups in total. The molecule has 1 saturated carbocycles. The smallest absolute Gasteiger partial charge is 0.306 e. The summed E-state index contributed by atoms with van der Waals surface area (Å²) in [6, 6.07) is 0. The summed E-state index contributed by atoms with van der Waals surface area (Å²) < 4.78 is 0. The highest BCUT2D eigenvalue weighted by molar-refractivity contribution is 5.87. The van der Waals surface area contributed by atoms with Gasteiger partial charge in [0.05, 0.1) is 5.92 Å². The predicted molar refractivity (Wildman–Crippen MR) is 54.5 cm³/mol. The first-order valence-corrected chi connectivity index (χ1v) is 5.60. The average molecular weight is 211 g/mol.